The summed E-state index contributed by atoms with van der Waals surface area (Å²) >= 11 is 0. The Balaban J connectivity index is 1.62. The number of methoxy groups -OCH3 is 1. The number of nitrogens with two attached hydrogens (primary N) is 1. The number of aromatic nitrogens is 2. The van der Waals surface area contributed by atoms with E-state index < -0.39 is 0 Å². The molecule has 3 N–H and O–H groups in total. The zero-order valence-electron chi connectivity index (χ0n) is 15.9. The Hall–Kier alpha value is -4.06. The summed E-state index contributed by atoms with van der Waals surface area (Å²) in [5, 5.41) is 3.25. The van der Waals surface area contributed by atoms with Crippen molar-refractivity contribution < 1.29 is 9.47 Å². The fourth-order valence-electron chi connectivity index (χ4n) is 2.92. The molecule has 29 heavy (non-hydrogen) atoms. The number of hydrogen-bond donors (Lipinski definition) is 2. The molecular formula is C23H20N4O2. The lowest BCUT2D eigenvalue weighted by Crippen LogP contribution is -1.98. The van der Waals surface area contributed by atoms with Crippen molar-refractivity contribution in [1.82, 2.24) is 9.97 Å². The third-order valence-electron chi connectivity index (χ3n) is 4.30. The molecule has 0 saturated heterocycles. The highest BCUT2D eigenvalue weighted by Gasteiger charge is 2.10. The number of nitrogens with zero attached hydrogens (tertiary/aromatic N) is 2. The third-order valence-corrected chi connectivity index (χ3v) is 4.30. The first-order valence-electron chi connectivity index (χ1n) is 9.08. The maximum atomic E-state index is 6.05. The first-order chi connectivity index (χ1) is 14.2. The summed E-state index contributed by atoms with van der Waals surface area (Å²) in [6.45, 7) is 0. The van der Waals surface area contributed by atoms with Crippen LogP contribution in [0.5, 0.6) is 17.2 Å². The Morgan fingerprint density at radius 2 is 1.62 bits per heavy atom. The highest BCUT2D eigenvalue weighted by atomic mass is 16.5. The lowest BCUT2D eigenvalue weighted by Gasteiger charge is -2.12. The molecule has 0 aliphatic rings. The normalized spacial score (nSPS) is 10.4. The van der Waals surface area contributed by atoms with Crippen LogP contribution in [-0.4, -0.2) is 17.1 Å². The second-order valence-corrected chi connectivity index (χ2v) is 6.28. The van der Waals surface area contributed by atoms with Crippen LogP contribution in [0.1, 0.15) is 0 Å². The maximum absolute atomic E-state index is 6.05. The summed E-state index contributed by atoms with van der Waals surface area (Å²) in [7, 11) is 1.59. The predicted molar refractivity (Wildman–Crippen MR) is 115 cm³/mol. The molecule has 0 unspecified atom stereocenters. The molecule has 0 aliphatic heterocycles. The number of benzene rings is 3. The average molecular weight is 384 g/mol. The van der Waals surface area contributed by atoms with E-state index in [0.29, 0.717) is 17.3 Å². The number of nitrogens with one attached hydrogen (secondary N) is 1. The number of nitrogen functional groups attached to an aromatic ring is 1. The third kappa shape index (κ3) is 4.27. The van der Waals surface area contributed by atoms with Gasteiger partial charge in [0.15, 0.2) is 0 Å². The standard InChI is InChI=1S/C23H20N4O2/c1-28-22-12-11-16(13-19(22)24)27-23-14-20(25-15-26-23)18-9-5-6-10-21(18)29-17-7-3-2-4-8-17/h2-15H,24H2,1H3,(H,25,26,27). The second-order valence-electron chi connectivity index (χ2n) is 6.28. The van der Waals surface area contributed by atoms with E-state index in [1.807, 2.05) is 72.8 Å². The topological polar surface area (TPSA) is 82.3 Å². The molecule has 0 radical (unpaired) electrons. The lowest BCUT2D eigenvalue weighted by atomic mass is 10.1. The minimum Gasteiger partial charge on any atom is -0.495 e. The summed E-state index contributed by atoms with van der Waals surface area (Å²) in [6.07, 6.45) is 1.52. The minimum absolute atomic E-state index is 0.549. The van der Waals surface area contributed by atoms with Crippen molar-refractivity contribution in [1.29, 1.82) is 0 Å². The van der Waals surface area contributed by atoms with Crippen molar-refractivity contribution in [3.8, 4) is 28.5 Å². The monoisotopic (exact) mass is 384 g/mol. The summed E-state index contributed by atoms with van der Waals surface area (Å²) in [6, 6.07) is 24.8. The van der Waals surface area contributed by atoms with Gasteiger partial charge in [-0.3, -0.25) is 0 Å². The van der Waals surface area contributed by atoms with Crippen LogP contribution in [0.3, 0.4) is 0 Å². The second kappa shape index (κ2) is 8.31. The van der Waals surface area contributed by atoms with Crippen LogP contribution in [0.2, 0.25) is 0 Å². The summed E-state index contributed by atoms with van der Waals surface area (Å²) < 4.78 is 11.2. The quantitative estimate of drug-likeness (QED) is 0.441. The Morgan fingerprint density at radius 1 is 0.828 bits per heavy atom. The van der Waals surface area contributed by atoms with Gasteiger partial charge in [0.25, 0.3) is 0 Å². The number of anilines is 3. The minimum atomic E-state index is 0.549. The molecule has 144 valence electrons. The van der Waals surface area contributed by atoms with E-state index in [1.54, 1.807) is 13.2 Å². The van der Waals surface area contributed by atoms with Crippen LogP contribution < -0.4 is 20.5 Å². The van der Waals surface area contributed by atoms with Crippen molar-refractivity contribution in [3.63, 3.8) is 0 Å². The molecule has 0 bridgehead atoms. The SMILES string of the molecule is COc1ccc(Nc2cc(-c3ccccc3Oc3ccccc3)ncn2)cc1N. The molecule has 1 aromatic heterocycles. The van der Waals surface area contributed by atoms with Crippen LogP contribution in [0.15, 0.2) is 85.2 Å². The molecule has 6 nitrogen and oxygen atoms in total. The Kier molecular flexibility index (Phi) is 5.25. The summed E-state index contributed by atoms with van der Waals surface area (Å²) in [5.74, 6) is 2.76. The molecule has 0 spiro atoms. The van der Waals surface area contributed by atoms with Crippen molar-refractivity contribution >= 4 is 17.2 Å². The van der Waals surface area contributed by atoms with Gasteiger partial charge in [0.2, 0.25) is 0 Å². The van der Waals surface area contributed by atoms with Crippen LogP contribution in [0, 0.1) is 0 Å². The average Bonchev–Trinajstić information content (AvgIpc) is 2.75. The van der Waals surface area contributed by atoms with Gasteiger partial charge < -0.3 is 20.5 Å². The van der Waals surface area contributed by atoms with Crippen LogP contribution in [0.25, 0.3) is 11.3 Å². The van der Waals surface area contributed by atoms with E-state index in [2.05, 4.69) is 15.3 Å². The van der Waals surface area contributed by atoms with Crippen molar-refractivity contribution in [2.75, 3.05) is 18.2 Å². The van der Waals surface area contributed by atoms with Gasteiger partial charge in [0.05, 0.1) is 18.5 Å². The Bertz CT molecular complexity index is 1120. The first kappa shape index (κ1) is 18.3. The molecule has 3 aromatic carbocycles. The molecular weight excluding hydrogens is 364 g/mol. The summed E-state index contributed by atoms with van der Waals surface area (Å²) in [5.41, 5.74) is 8.96. The molecule has 4 rings (SSSR count). The fraction of sp³-hybridized carbons (Fsp3) is 0.0435. The molecule has 0 aliphatic carbocycles. The predicted octanol–water partition coefficient (Wildman–Crippen LogP) is 5.27. The van der Waals surface area contributed by atoms with Gasteiger partial charge >= 0.3 is 0 Å². The zero-order valence-corrected chi connectivity index (χ0v) is 15.9. The zero-order chi connectivity index (χ0) is 20.1. The Labute approximate surface area is 169 Å². The van der Waals surface area contributed by atoms with Gasteiger partial charge in [-0.1, -0.05) is 30.3 Å². The van der Waals surface area contributed by atoms with Crippen LogP contribution in [-0.2, 0) is 0 Å². The lowest BCUT2D eigenvalue weighted by molar-refractivity contribution is 0.417. The van der Waals surface area contributed by atoms with E-state index in [-0.39, 0.29) is 0 Å². The largest absolute Gasteiger partial charge is 0.495 e. The van der Waals surface area contributed by atoms with Crippen molar-refractivity contribution in [2.45, 2.75) is 0 Å². The molecule has 6 heteroatoms. The van der Waals surface area contributed by atoms with Crippen LogP contribution >= 0.6 is 0 Å². The molecule has 0 fully saturated rings. The maximum Gasteiger partial charge on any atom is 0.141 e. The number of hydrogen-bond acceptors (Lipinski definition) is 6. The number of rotatable bonds is 6. The fourth-order valence-corrected chi connectivity index (χ4v) is 2.92. The van der Waals surface area contributed by atoms with Gasteiger partial charge in [0.1, 0.15) is 29.4 Å². The molecule has 0 amide bonds. The van der Waals surface area contributed by atoms with E-state index in [4.69, 9.17) is 15.2 Å². The molecule has 0 saturated carbocycles. The molecule has 0 atom stereocenters. The number of para-hydroxylation sites is 2. The highest BCUT2D eigenvalue weighted by Crippen LogP contribution is 2.33. The van der Waals surface area contributed by atoms with Crippen molar-refractivity contribution in [3.05, 3.63) is 85.2 Å². The van der Waals surface area contributed by atoms with E-state index in [1.165, 1.54) is 6.33 Å². The Morgan fingerprint density at radius 3 is 2.41 bits per heavy atom. The molecule has 4 aromatic rings. The number of ether oxygens (including phenoxy) is 2. The van der Waals surface area contributed by atoms with E-state index in [9.17, 15) is 0 Å². The smallest absolute Gasteiger partial charge is 0.141 e. The first-order valence-corrected chi connectivity index (χ1v) is 9.08. The van der Waals surface area contributed by atoms with E-state index >= 15 is 0 Å². The van der Waals surface area contributed by atoms with Gasteiger partial charge in [-0.15, -0.1) is 0 Å². The van der Waals surface area contributed by atoms with E-state index in [0.717, 1.165) is 28.4 Å². The van der Waals surface area contributed by atoms with Gasteiger partial charge in [-0.2, -0.15) is 0 Å². The van der Waals surface area contributed by atoms with Gasteiger partial charge in [-0.25, -0.2) is 9.97 Å². The van der Waals surface area contributed by atoms with Crippen LogP contribution in [0.4, 0.5) is 17.2 Å². The highest BCUT2D eigenvalue weighted by molar-refractivity contribution is 5.72. The van der Waals surface area contributed by atoms with Gasteiger partial charge in [-0.05, 0) is 42.5 Å². The van der Waals surface area contributed by atoms with Crippen molar-refractivity contribution in [2.24, 2.45) is 0 Å². The molecule has 1 heterocycles. The van der Waals surface area contributed by atoms with Gasteiger partial charge in [0, 0.05) is 17.3 Å². The summed E-state index contributed by atoms with van der Waals surface area (Å²) in [4.78, 5) is 8.73.